The van der Waals surface area contributed by atoms with Crippen LogP contribution in [-0.2, 0) is 14.8 Å². The Labute approximate surface area is 124 Å². The summed E-state index contributed by atoms with van der Waals surface area (Å²) in [5, 5.41) is 3.24. The molecule has 5 nitrogen and oxygen atoms in total. The van der Waals surface area contributed by atoms with Crippen molar-refractivity contribution in [2.45, 2.75) is 30.8 Å². The maximum absolute atomic E-state index is 13.2. The van der Waals surface area contributed by atoms with Crippen molar-refractivity contribution in [3.8, 4) is 0 Å². The number of hydrogen-bond donors (Lipinski definition) is 2. The summed E-state index contributed by atoms with van der Waals surface area (Å²) in [7, 11) is -3.70. The van der Waals surface area contributed by atoms with Gasteiger partial charge in [0.2, 0.25) is 10.0 Å². The van der Waals surface area contributed by atoms with Crippen molar-refractivity contribution in [2.75, 3.05) is 26.2 Å². The molecule has 2 rings (SSSR count). The predicted octanol–water partition coefficient (Wildman–Crippen LogP) is 1.18. The van der Waals surface area contributed by atoms with Gasteiger partial charge in [0.15, 0.2) is 0 Å². The first-order valence-corrected chi connectivity index (χ1v) is 8.55. The van der Waals surface area contributed by atoms with Gasteiger partial charge in [0, 0.05) is 6.54 Å². The van der Waals surface area contributed by atoms with E-state index in [0.29, 0.717) is 12.2 Å². The molecule has 0 bridgehead atoms. The highest BCUT2D eigenvalue weighted by molar-refractivity contribution is 7.89. The van der Waals surface area contributed by atoms with Crippen LogP contribution in [0.1, 0.15) is 18.4 Å². The molecular formula is C14H21FN2O3S. The lowest BCUT2D eigenvalue weighted by Gasteiger charge is -2.23. The zero-order chi connectivity index (χ0) is 15.3. The Hall–Kier alpha value is -1.02. The van der Waals surface area contributed by atoms with Crippen LogP contribution in [0.25, 0.3) is 0 Å². The fraction of sp³-hybridized carbons (Fsp3) is 0.571. The molecule has 1 aliphatic heterocycles. The zero-order valence-corrected chi connectivity index (χ0v) is 12.9. The Morgan fingerprint density at radius 1 is 1.38 bits per heavy atom. The Morgan fingerprint density at radius 3 is 2.81 bits per heavy atom. The van der Waals surface area contributed by atoms with Gasteiger partial charge in [0.25, 0.3) is 0 Å². The first kappa shape index (κ1) is 16.4. The molecule has 1 aliphatic rings. The van der Waals surface area contributed by atoms with Crippen LogP contribution < -0.4 is 10.0 Å². The summed E-state index contributed by atoms with van der Waals surface area (Å²) in [5.41, 5.74) is 0.517. The Balaban J connectivity index is 1.85. The van der Waals surface area contributed by atoms with Crippen LogP contribution in [0.3, 0.4) is 0 Å². The second-order valence-corrected chi connectivity index (χ2v) is 6.86. The van der Waals surface area contributed by atoms with Crippen LogP contribution >= 0.6 is 0 Å². The van der Waals surface area contributed by atoms with Crippen LogP contribution in [0.5, 0.6) is 0 Å². The van der Waals surface area contributed by atoms with Crippen LogP contribution in [0, 0.1) is 12.7 Å². The maximum Gasteiger partial charge on any atom is 0.241 e. The van der Waals surface area contributed by atoms with E-state index in [1.54, 1.807) is 6.92 Å². The highest BCUT2D eigenvalue weighted by Gasteiger charge is 2.18. The molecular weight excluding hydrogens is 295 g/mol. The van der Waals surface area contributed by atoms with Crippen LogP contribution in [0.4, 0.5) is 4.39 Å². The third-order valence-electron chi connectivity index (χ3n) is 3.47. The number of benzene rings is 1. The molecule has 0 saturated carbocycles. The summed E-state index contributed by atoms with van der Waals surface area (Å²) in [4.78, 5) is -0.0237. The number of sulfonamides is 1. The second-order valence-electron chi connectivity index (χ2n) is 5.13. The quantitative estimate of drug-likeness (QED) is 0.774. The number of ether oxygens (including phenoxy) is 1. The Morgan fingerprint density at radius 2 is 2.10 bits per heavy atom. The summed E-state index contributed by atoms with van der Waals surface area (Å²) >= 11 is 0. The number of rotatable bonds is 6. The molecule has 118 valence electrons. The first-order chi connectivity index (χ1) is 9.99. The molecule has 1 aromatic carbocycles. The summed E-state index contributed by atoms with van der Waals surface area (Å²) in [6.45, 7) is 4.00. The van der Waals surface area contributed by atoms with Gasteiger partial charge >= 0.3 is 0 Å². The summed E-state index contributed by atoms with van der Waals surface area (Å²) < 4.78 is 45.5. The second kappa shape index (κ2) is 7.31. The van der Waals surface area contributed by atoms with Crippen LogP contribution in [0.2, 0.25) is 0 Å². The number of halogens is 1. The lowest BCUT2D eigenvalue weighted by atomic mass is 10.1. The van der Waals surface area contributed by atoms with E-state index < -0.39 is 15.8 Å². The predicted molar refractivity (Wildman–Crippen MR) is 78.2 cm³/mol. The molecule has 21 heavy (non-hydrogen) atoms. The topological polar surface area (TPSA) is 67.4 Å². The average molecular weight is 316 g/mol. The molecule has 2 N–H and O–H groups in total. The highest BCUT2D eigenvalue weighted by Crippen LogP contribution is 2.16. The fourth-order valence-corrected chi connectivity index (χ4v) is 3.57. The smallest absolute Gasteiger partial charge is 0.241 e. The molecule has 1 aromatic rings. The molecule has 0 radical (unpaired) electrons. The van der Waals surface area contributed by atoms with Gasteiger partial charge in [0.1, 0.15) is 5.82 Å². The van der Waals surface area contributed by atoms with Crippen LogP contribution in [-0.4, -0.2) is 40.8 Å². The molecule has 0 amide bonds. The first-order valence-electron chi connectivity index (χ1n) is 7.07. The molecule has 1 saturated heterocycles. The van der Waals surface area contributed by atoms with Gasteiger partial charge in [-0.1, -0.05) is 6.07 Å². The van der Waals surface area contributed by atoms with E-state index in [9.17, 15) is 12.8 Å². The third kappa shape index (κ3) is 4.74. The molecule has 0 unspecified atom stereocenters. The minimum absolute atomic E-state index is 0.0237. The normalized spacial score (nSPS) is 17.0. The van der Waals surface area contributed by atoms with E-state index in [0.717, 1.165) is 32.0 Å². The number of piperidine rings is 1. The Bertz CT molecular complexity index is 572. The maximum atomic E-state index is 13.2. The van der Waals surface area contributed by atoms with Crippen molar-refractivity contribution in [3.05, 3.63) is 29.6 Å². The van der Waals surface area contributed by atoms with Gasteiger partial charge in [-0.25, -0.2) is 17.5 Å². The summed E-state index contributed by atoms with van der Waals surface area (Å²) in [6, 6.07) is 3.73. The van der Waals surface area contributed by atoms with Gasteiger partial charge in [-0.15, -0.1) is 0 Å². The van der Waals surface area contributed by atoms with E-state index in [1.165, 1.54) is 12.1 Å². The van der Waals surface area contributed by atoms with E-state index >= 15 is 0 Å². The minimum atomic E-state index is -3.70. The zero-order valence-electron chi connectivity index (χ0n) is 12.1. The van der Waals surface area contributed by atoms with Crippen molar-refractivity contribution in [1.82, 2.24) is 10.0 Å². The molecule has 1 fully saturated rings. The summed E-state index contributed by atoms with van der Waals surface area (Å²) in [5.74, 6) is -0.563. The number of nitrogens with one attached hydrogen (secondary N) is 2. The van der Waals surface area contributed by atoms with Crippen LogP contribution in [0.15, 0.2) is 23.1 Å². The van der Waals surface area contributed by atoms with Crippen molar-refractivity contribution in [3.63, 3.8) is 0 Å². The molecule has 7 heteroatoms. The molecule has 0 aromatic heterocycles. The van der Waals surface area contributed by atoms with Crippen molar-refractivity contribution < 1.29 is 17.5 Å². The van der Waals surface area contributed by atoms with Gasteiger partial charge in [-0.05, 0) is 50.6 Å². The summed E-state index contributed by atoms with van der Waals surface area (Å²) in [6.07, 6.45) is 2.07. The van der Waals surface area contributed by atoms with Gasteiger partial charge in [-0.3, -0.25) is 0 Å². The molecule has 0 aliphatic carbocycles. The van der Waals surface area contributed by atoms with Gasteiger partial charge in [-0.2, -0.15) is 0 Å². The SMILES string of the molecule is Cc1ccc(F)cc1S(=O)(=O)NCCOC1CCNCC1. The lowest BCUT2D eigenvalue weighted by Crippen LogP contribution is -2.35. The van der Waals surface area contributed by atoms with Crippen molar-refractivity contribution in [2.24, 2.45) is 0 Å². The minimum Gasteiger partial charge on any atom is -0.377 e. The van der Waals surface area contributed by atoms with Gasteiger partial charge < -0.3 is 10.1 Å². The molecule has 0 atom stereocenters. The standard InChI is InChI=1S/C14H21FN2O3S/c1-11-2-3-12(15)10-14(11)21(18,19)17-8-9-20-13-4-6-16-7-5-13/h2-3,10,13,16-17H,4-9H2,1H3. The number of hydrogen-bond acceptors (Lipinski definition) is 4. The molecule has 1 heterocycles. The number of aryl methyl sites for hydroxylation is 1. The third-order valence-corrected chi connectivity index (χ3v) is 5.08. The van der Waals surface area contributed by atoms with Crippen molar-refractivity contribution in [1.29, 1.82) is 0 Å². The fourth-order valence-electron chi connectivity index (χ4n) is 2.30. The highest BCUT2D eigenvalue weighted by atomic mass is 32.2. The Kier molecular flexibility index (Phi) is 5.69. The average Bonchev–Trinajstić information content (AvgIpc) is 2.47. The van der Waals surface area contributed by atoms with E-state index in [-0.39, 0.29) is 17.5 Å². The molecule has 0 spiro atoms. The van der Waals surface area contributed by atoms with E-state index in [4.69, 9.17) is 4.74 Å². The van der Waals surface area contributed by atoms with E-state index in [1.807, 2.05) is 0 Å². The van der Waals surface area contributed by atoms with E-state index in [2.05, 4.69) is 10.0 Å². The lowest BCUT2D eigenvalue weighted by molar-refractivity contribution is 0.0367. The van der Waals surface area contributed by atoms with Gasteiger partial charge in [0.05, 0.1) is 17.6 Å². The largest absolute Gasteiger partial charge is 0.377 e. The monoisotopic (exact) mass is 316 g/mol. The van der Waals surface area contributed by atoms with Crippen molar-refractivity contribution >= 4 is 10.0 Å².